The first-order valence-corrected chi connectivity index (χ1v) is 7.27. The summed E-state index contributed by atoms with van der Waals surface area (Å²) in [5, 5.41) is -0.0383. The Morgan fingerprint density at radius 3 is 2.72 bits per heavy atom. The predicted octanol–water partition coefficient (Wildman–Crippen LogP) is 2.68. The smallest absolute Gasteiger partial charge is 0.235 e. The number of anilines is 1. The summed E-state index contributed by atoms with van der Waals surface area (Å²) in [4.78, 5) is 15.3. The van der Waals surface area contributed by atoms with Crippen molar-refractivity contribution in [2.45, 2.75) is 36.8 Å². The van der Waals surface area contributed by atoms with Crippen LogP contribution in [0.1, 0.15) is 25.3 Å². The molecule has 0 bridgehead atoms. The lowest BCUT2D eigenvalue weighted by molar-refractivity contribution is -0.129. The molecule has 1 aliphatic rings. The van der Waals surface area contributed by atoms with E-state index in [0.29, 0.717) is 0 Å². The number of aryl methyl sites for hydroxylation is 1. The van der Waals surface area contributed by atoms with Crippen LogP contribution in [-0.2, 0) is 4.79 Å². The van der Waals surface area contributed by atoms with Gasteiger partial charge in [0.05, 0.1) is 5.25 Å². The summed E-state index contributed by atoms with van der Waals surface area (Å²) in [6, 6.07) is 5.85. The van der Waals surface area contributed by atoms with Crippen molar-refractivity contribution in [1.82, 2.24) is 4.90 Å². The van der Waals surface area contributed by atoms with Crippen LogP contribution < -0.4 is 5.73 Å². The standard InChI is InChI=1S/C14H20N2OS/c1-10-5-6-12(15)9-13(10)18-11(2)14(17)16-7-3-4-8-16/h5-6,9,11H,3-4,7-8,15H2,1-2H3. The summed E-state index contributed by atoms with van der Waals surface area (Å²) >= 11 is 1.61. The van der Waals surface area contributed by atoms with Crippen LogP contribution >= 0.6 is 11.8 Å². The molecule has 1 unspecified atom stereocenters. The maximum atomic E-state index is 12.2. The Bertz CT molecular complexity index is 441. The van der Waals surface area contributed by atoms with Gasteiger partial charge >= 0.3 is 0 Å². The molecular formula is C14H20N2OS. The lowest BCUT2D eigenvalue weighted by atomic mass is 10.2. The molecule has 1 aromatic rings. The van der Waals surface area contributed by atoms with Crippen molar-refractivity contribution < 1.29 is 4.79 Å². The van der Waals surface area contributed by atoms with Crippen molar-refractivity contribution in [1.29, 1.82) is 0 Å². The van der Waals surface area contributed by atoms with Gasteiger partial charge in [-0.25, -0.2) is 0 Å². The van der Waals surface area contributed by atoms with E-state index in [1.807, 2.05) is 30.0 Å². The topological polar surface area (TPSA) is 46.3 Å². The number of rotatable bonds is 3. The molecule has 1 atom stereocenters. The minimum Gasteiger partial charge on any atom is -0.399 e. The summed E-state index contributed by atoms with van der Waals surface area (Å²) in [5.74, 6) is 0.249. The molecule has 2 N–H and O–H groups in total. The number of hydrogen-bond donors (Lipinski definition) is 1. The van der Waals surface area contributed by atoms with E-state index in [-0.39, 0.29) is 11.2 Å². The molecule has 1 aromatic carbocycles. The fraction of sp³-hybridized carbons (Fsp3) is 0.500. The molecule has 1 amide bonds. The van der Waals surface area contributed by atoms with E-state index in [9.17, 15) is 4.79 Å². The molecule has 0 radical (unpaired) electrons. The van der Waals surface area contributed by atoms with E-state index < -0.39 is 0 Å². The second kappa shape index (κ2) is 5.65. The normalized spacial score (nSPS) is 16.9. The quantitative estimate of drug-likeness (QED) is 0.674. The van der Waals surface area contributed by atoms with Crippen molar-refractivity contribution in [3.8, 4) is 0 Å². The molecule has 4 heteroatoms. The zero-order valence-electron chi connectivity index (χ0n) is 11.0. The molecule has 1 saturated heterocycles. The molecule has 98 valence electrons. The second-order valence-corrected chi connectivity index (χ2v) is 6.20. The molecule has 18 heavy (non-hydrogen) atoms. The molecule has 1 aliphatic heterocycles. The van der Waals surface area contributed by atoms with E-state index in [1.165, 1.54) is 5.56 Å². The van der Waals surface area contributed by atoms with Crippen LogP contribution in [0.4, 0.5) is 5.69 Å². The van der Waals surface area contributed by atoms with Gasteiger partial charge in [0.15, 0.2) is 0 Å². The van der Waals surface area contributed by atoms with Crippen LogP contribution in [-0.4, -0.2) is 29.1 Å². The van der Waals surface area contributed by atoms with Crippen LogP contribution in [0.5, 0.6) is 0 Å². The first kappa shape index (κ1) is 13.3. The van der Waals surface area contributed by atoms with Crippen LogP contribution in [0.25, 0.3) is 0 Å². The highest BCUT2D eigenvalue weighted by Gasteiger charge is 2.24. The van der Waals surface area contributed by atoms with Gasteiger partial charge < -0.3 is 10.6 Å². The second-order valence-electron chi connectivity index (χ2n) is 4.82. The van der Waals surface area contributed by atoms with Crippen molar-refractivity contribution in [3.63, 3.8) is 0 Å². The maximum Gasteiger partial charge on any atom is 0.235 e. The number of thioether (sulfide) groups is 1. The Balaban J connectivity index is 2.03. The fourth-order valence-electron chi connectivity index (χ4n) is 2.18. The molecule has 1 heterocycles. The van der Waals surface area contributed by atoms with Crippen molar-refractivity contribution in [3.05, 3.63) is 23.8 Å². The molecule has 2 rings (SSSR count). The minimum absolute atomic E-state index is 0.0383. The number of amides is 1. The zero-order valence-corrected chi connectivity index (χ0v) is 11.8. The number of hydrogen-bond acceptors (Lipinski definition) is 3. The molecule has 1 fully saturated rings. The monoisotopic (exact) mass is 264 g/mol. The molecule has 0 aliphatic carbocycles. The first-order chi connectivity index (χ1) is 8.58. The summed E-state index contributed by atoms with van der Waals surface area (Å²) in [6.07, 6.45) is 2.28. The first-order valence-electron chi connectivity index (χ1n) is 6.39. The molecule has 0 saturated carbocycles. The Morgan fingerprint density at radius 1 is 1.39 bits per heavy atom. The van der Waals surface area contributed by atoms with Gasteiger partial charge in [0.25, 0.3) is 0 Å². The maximum absolute atomic E-state index is 12.2. The summed E-state index contributed by atoms with van der Waals surface area (Å²) in [5.41, 5.74) is 7.72. The summed E-state index contributed by atoms with van der Waals surface area (Å²) in [6.45, 7) is 5.86. The number of likely N-dealkylation sites (tertiary alicyclic amines) is 1. The van der Waals surface area contributed by atoms with Gasteiger partial charge in [-0.2, -0.15) is 0 Å². The van der Waals surface area contributed by atoms with Crippen LogP contribution in [0, 0.1) is 6.92 Å². The highest BCUT2D eigenvalue weighted by Crippen LogP contribution is 2.29. The fourth-order valence-corrected chi connectivity index (χ4v) is 3.27. The third kappa shape index (κ3) is 2.99. The Hall–Kier alpha value is -1.16. The number of nitrogens with zero attached hydrogens (tertiary/aromatic N) is 1. The van der Waals surface area contributed by atoms with E-state index in [0.717, 1.165) is 36.5 Å². The third-order valence-corrected chi connectivity index (χ3v) is 4.53. The molecular weight excluding hydrogens is 244 g/mol. The van der Waals surface area contributed by atoms with Crippen molar-refractivity contribution in [2.24, 2.45) is 0 Å². The average Bonchev–Trinajstić information content (AvgIpc) is 2.86. The van der Waals surface area contributed by atoms with Gasteiger partial charge in [0, 0.05) is 23.7 Å². The Kier molecular flexibility index (Phi) is 4.17. The van der Waals surface area contributed by atoms with Gasteiger partial charge in [-0.05, 0) is 44.4 Å². The lowest BCUT2D eigenvalue weighted by Gasteiger charge is -2.20. The molecule has 0 spiro atoms. The predicted molar refractivity (Wildman–Crippen MR) is 76.7 cm³/mol. The van der Waals surface area contributed by atoms with Gasteiger partial charge in [-0.15, -0.1) is 11.8 Å². The highest BCUT2D eigenvalue weighted by molar-refractivity contribution is 8.00. The summed E-state index contributed by atoms with van der Waals surface area (Å²) in [7, 11) is 0. The van der Waals surface area contributed by atoms with Crippen LogP contribution in [0.2, 0.25) is 0 Å². The molecule has 0 aromatic heterocycles. The SMILES string of the molecule is Cc1ccc(N)cc1SC(C)C(=O)N1CCCC1. The number of nitrogen functional groups attached to an aromatic ring is 1. The number of carbonyl (C=O) groups is 1. The third-order valence-electron chi connectivity index (χ3n) is 3.28. The number of carbonyl (C=O) groups excluding carboxylic acids is 1. The Morgan fingerprint density at radius 2 is 2.06 bits per heavy atom. The van der Waals surface area contributed by atoms with E-state index >= 15 is 0 Å². The minimum atomic E-state index is -0.0383. The van der Waals surface area contributed by atoms with E-state index in [1.54, 1.807) is 11.8 Å². The van der Waals surface area contributed by atoms with E-state index in [4.69, 9.17) is 5.73 Å². The van der Waals surface area contributed by atoms with Crippen molar-refractivity contribution in [2.75, 3.05) is 18.8 Å². The highest BCUT2D eigenvalue weighted by atomic mass is 32.2. The van der Waals surface area contributed by atoms with E-state index in [2.05, 4.69) is 6.92 Å². The Labute approximate surface area is 113 Å². The van der Waals surface area contributed by atoms with Gasteiger partial charge in [0.1, 0.15) is 0 Å². The summed E-state index contributed by atoms with van der Waals surface area (Å²) < 4.78 is 0. The molecule has 3 nitrogen and oxygen atoms in total. The van der Waals surface area contributed by atoms with Gasteiger partial charge in [0.2, 0.25) is 5.91 Å². The largest absolute Gasteiger partial charge is 0.399 e. The zero-order chi connectivity index (χ0) is 13.1. The lowest BCUT2D eigenvalue weighted by Crippen LogP contribution is -2.34. The van der Waals surface area contributed by atoms with Gasteiger partial charge in [-0.3, -0.25) is 4.79 Å². The van der Waals surface area contributed by atoms with Crippen LogP contribution in [0.15, 0.2) is 23.1 Å². The van der Waals surface area contributed by atoms with Crippen molar-refractivity contribution >= 4 is 23.4 Å². The number of nitrogens with two attached hydrogens (primary N) is 1. The number of benzene rings is 1. The van der Waals surface area contributed by atoms with Gasteiger partial charge in [-0.1, -0.05) is 6.07 Å². The van der Waals surface area contributed by atoms with Crippen LogP contribution in [0.3, 0.4) is 0 Å². The average molecular weight is 264 g/mol.